The van der Waals surface area contributed by atoms with Crippen LogP contribution in [0.3, 0.4) is 0 Å². The first kappa shape index (κ1) is 21.4. The molecule has 1 unspecified atom stereocenters. The molecule has 1 aromatic heterocycles. The third-order valence-corrected chi connectivity index (χ3v) is 3.40. The van der Waals surface area contributed by atoms with E-state index in [1.54, 1.807) is 18.3 Å². The van der Waals surface area contributed by atoms with E-state index in [0.717, 1.165) is 5.69 Å². The highest BCUT2D eigenvalue weighted by Gasteiger charge is 2.20. The molecule has 0 radical (unpaired) electrons. The number of carbonyl (C=O) groups is 1. The molecule has 1 aromatic rings. The summed E-state index contributed by atoms with van der Waals surface area (Å²) in [6.45, 7) is 8.43. The Morgan fingerprint density at radius 2 is 2.04 bits per heavy atom. The first-order chi connectivity index (χ1) is 10.2. The Morgan fingerprint density at radius 1 is 1.39 bits per heavy atom. The summed E-state index contributed by atoms with van der Waals surface area (Å²) in [7, 11) is 0. The Bertz CT molecular complexity index is 517. The zero-order chi connectivity index (χ0) is 16.8. The van der Waals surface area contributed by atoms with Gasteiger partial charge < -0.3 is 16.4 Å². The second-order valence-corrected chi connectivity index (χ2v) is 6.40. The SMILES string of the molecule is CC(NC(=S)Nc1ccc(NNC(=O)CN)nc1)C(C)(C)C.Cl. The number of amides is 1. The number of halogens is 1. The van der Waals surface area contributed by atoms with Crippen molar-refractivity contribution in [3.63, 3.8) is 0 Å². The highest BCUT2D eigenvalue weighted by molar-refractivity contribution is 7.80. The molecule has 0 fully saturated rings. The Hall–Kier alpha value is -1.64. The van der Waals surface area contributed by atoms with Gasteiger partial charge in [0.15, 0.2) is 5.11 Å². The minimum absolute atomic E-state index is 0. The monoisotopic (exact) mass is 360 g/mol. The second-order valence-electron chi connectivity index (χ2n) is 6.00. The average Bonchev–Trinajstić information content (AvgIpc) is 2.45. The zero-order valence-corrected chi connectivity index (χ0v) is 15.4. The van der Waals surface area contributed by atoms with Crippen molar-refractivity contribution in [1.82, 2.24) is 15.7 Å². The number of anilines is 2. The van der Waals surface area contributed by atoms with E-state index < -0.39 is 0 Å². The maximum Gasteiger partial charge on any atom is 0.252 e. The number of thiocarbonyl (C=S) groups is 1. The number of pyridine rings is 1. The average molecular weight is 361 g/mol. The fraction of sp³-hybridized carbons (Fsp3) is 0.500. The smallest absolute Gasteiger partial charge is 0.252 e. The van der Waals surface area contributed by atoms with Crippen LogP contribution in [-0.2, 0) is 4.79 Å². The molecule has 1 amide bonds. The summed E-state index contributed by atoms with van der Waals surface area (Å²) in [5, 5.41) is 6.85. The van der Waals surface area contributed by atoms with Crippen LogP contribution in [0.2, 0.25) is 0 Å². The first-order valence-corrected chi connectivity index (χ1v) is 7.41. The van der Waals surface area contributed by atoms with Crippen molar-refractivity contribution >= 4 is 47.1 Å². The molecule has 1 heterocycles. The lowest BCUT2D eigenvalue weighted by Gasteiger charge is -2.29. The summed E-state index contributed by atoms with van der Waals surface area (Å²) in [4.78, 5) is 15.2. The summed E-state index contributed by atoms with van der Waals surface area (Å²) in [5.74, 6) is 0.194. The summed E-state index contributed by atoms with van der Waals surface area (Å²) < 4.78 is 0. The topological polar surface area (TPSA) is 104 Å². The molecule has 9 heteroatoms. The minimum Gasteiger partial charge on any atom is -0.359 e. The molecule has 6 N–H and O–H groups in total. The number of aromatic nitrogens is 1. The summed E-state index contributed by atoms with van der Waals surface area (Å²) >= 11 is 5.28. The molecule has 1 rings (SSSR count). The standard InChI is InChI=1S/C14H24N6OS.ClH/c1-9(14(2,3)4)17-13(22)18-10-5-6-11(16-8-10)19-20-12(21)7-15;/h5-6,8-9H,7,15H2,1-4H3,(H,16,19)(H,20,21)(H2,17,18,22);1H. The highest BCUT2D eigenvalue weighted by atomic mass is 35.5. The molecular weight excluding hydrogens is 336 g/mol. The quantitative estimate of drug-likeness (QED) is 0.401. The van der Waals surface area contributed by atoms with E-state index in [2.05, 4.69) is 54.2 Å². The normalized spacial score (nSPS) is 11.7. The van der Waals surface area contributed by atoms with Crippen LogP contribution >= 0.6 is 24.6 Å². The molecule has 1 atom stereocenters. The first-order valence-electron chi connectivity index (χ1n) is 7.01. The number of rotatable bonds is 5. The highest BCUT2D eigenvalue weighted by Crippen LogP contribution is 2.18. The lowest BCUT2D eigenvalue weighted by Crippen LogP contribution is -2.43. The van der Waals surface area contributed by atoms with Crippen molar-refractivity contribution in [1.29, 1.82) is 0 Å². The molecule has 0 aliphatic carbocycles. The van der Waals surface area contributed by atoms with Gasteiger partial charge in [-0.15, -0.1) is 12.4 Å². The number of hydrogen-bond donors (Lipinski definition) is 5. The predicted molar refractivity (Wildman–Crippen MR) is 101 cm³/mol. The Kier molecular flexibility index (Phi) is 8.81. The van der Waals surface area contributed by atoms with Gasteiger partial charge in [0.25, 0.3) is 5.91 Å². The summed E-state index contributed by atoms with van der Waals surface area (Å²) in [6.07, 6.45) is 1.62. The lowest BCUT2D eigenvalue weighted by atomic mass is 9.88. The Morgan fingerprint density at radius 3 is 2.52 bits per heavy atom. The molecule has 23 heavy (non-hydrogen) atoms. The predicted octanol–water partition coefficient (Wildman–Crippen LogP) is 1.63. The maximum atomic E-state index is 11.0. The minimum atomic E-state index is -0.314. The van der Waals surface area contributed by atoms with Crippen LogP contribution in [0.1, 0.15) is 27.7 Å². The van der Waals surface area contributed by atoms with Gasteiger partial charge in [0.2, 0.25) is 0 Å². The van der Waals surface area contributed by atoms with Gasteiger partial charge in [-0.1, -0.05) is 20.8 Å². The number of nitrogens with one attached hydrogen (secondary N) is 4. The number of hydrazine groups is 1. The third kappa shape index (κ3) is 7.96. The van der Waals surface area contributed by atoms with E-state index in [1.807, 2.05) is 0 Å². The van der Waals surface area contributed by atoms with Crippen molar-refractivity contribution in [3.05, 3.63) is 18.3 Å². The molecule has 0 bridgehead atoms. The number of hydrogen-bond acceptors (Lipinski definition) is 5. The summed E-state index contributed by atoms with van der Waals surface area (Å²) in [5.41, 5.74) is 11.1. The number of nitrogens with two attached hydrogens (primary N) is 1. The van der Waals surface area contributed by atoms with Crippen LogP contribution in [0.4, 0.5) is 11.5 Å². The van der Waals surface area contributed by atoms with Gasteiger partial charge in [-0.2, -0.15) is 0 Å². The van der Waals surface area contributed by atoms with Gasteiger partial charge in [0, 0.05) is 6.04 Å². The largest absolute Gasteiger partial charge is 0.359 e. The second kappa shape index (κ2) is 9.49. The molecule has 0 aromatic carbocycles. The van der Waals surface area contributed by atoms with E-state index in [4.69, 9.17) is 18.0 Å². The van der Waals surface area contributed by atoms with Gasteiger partial charge in [-0.25, -0.2) is 4.98 Å². The van der Waals surface area contributed by atoms with E-state index in [-0.39, 0.29) is 36.3 Å². The van der Waals surface area contributed by atoms with Crippen LogP contribution < -0.4 is 27.2 Å². The van der Waals surface area contributed by atoms with Crippen molar-refractivity contribution in [3.8, 4) is 0 Å². The Labute approximate surface area is 148 Å². The van der Waals surface area contributed by atoms with Crippen LogP contribution in [0.15, 0.2) is 18.3 Å². The fourth-order valence-electron chi connectivity index (χ4n) is 1.31. The molecule has 7 nitrogen and oxygen atoms in total. The van der Waals surface area contributed by atoms with Crippen molar-refractivity contribution in [2.24, 2.45) is 11.1 Å². The van der Waals surface area contributed by atoms with Crippen LogP contribution in [0.5, 0.6) is 0 Å². The fourth-order valence-corrected chi connectivity index (χ4v) is 1.60. The molecule has 0 saturated heterocycles. The van der Waals surface area contributed by atoms with E-state index in [1.165, 1.54) is 0 Å². The van der Waals surface area contributed by atoms with Gasteiger partial charge >= 0.3 is 0 Å². The molecular formula is C14H25ClN6OS. The van der Waals surface area contributed by atoms with Crippen LogP contribution in [0, 0.1) is 5.41 Å². The van der Waals surface area contributed by atoms with Gasteiger partial charge in [0.05, 0.1) is 18.4 Å². The lowest BCUT2D eigenvalue weighted by molar-refractivity contribution is -0.119. The third-order valence-electron chi connectivity index (χ3n) is 3.18. The Balaban J connectivity index is 0.00000484. The zero-order valence-electron chi connectivity index (χ0n) is 13.8. The van der Waals surface area contributed by atoms with Crippen LogP contribution in [0.25, 0.3) is 0 Å². The molecule has 130 valence electrons. The van der Waals surface area contributed by atoms with Gasteiger partial charge in [-0.3, -0.25) is 15.6 Å². The number of nitrogens with zero attached hydrogens (tertiary/aromatic N) is 1. The number of carbonyl (C=O) groups excluding carboxylic acids is 1. The van der Waals surface area contributed by atoms with E-state index >= 15 is 0 Å². The summed E-state index contributed by atoms with van der Waals surface area (Å²) in [6, 6.07) is 3.75. The maximum absolute atomic E-state index is 11.0. The van der Waals surface area contributed by atoms with Crippen molar-refractivity contribution < 1.29 is 4.79 Å². The molecule has 0 saturated carbocycles. The van der Waals surface area contributed by atoms with Gasteiger partial charge in [0.1, 0.15) is 5.82 Å². The van der Waals surface area contributed by atoms with E-state index in [9.17, 15) is 4.79 Å². The molecule has 0 aliphatic heterocycles. The van der Waals surface area contributed by atoms with Crippen LogP contribution in [-0.4, -0.2) is 28.6 Å². The van der Waals surface area contributed by atoms with Crippen molar-refractivity contribution in [2.45, 2.75) is 33.7 Å². The molecule has 0 spiro atoms. The van der Waals surface area contributed by atoms with Crippen molar-refractivity contribution in [2.75, 3.05) is 17.3 Å². The van der Waals surface area contributed by atoms with E-state index in [0.29, 0.717) is 10.9 Å². The molecule has 0 aliphatic rings. The van der Waals surface area contributed by atoms with Gasteiger partial charge in [-0.05, 0) is 36.7 Å².